The third-order valence-corrected chi connectivity index (χ3v) is 3.03. The number of anilines is 1. The van der Waals surface area contributed by atoms with Gasteiger partial charge >= 0.3 is 0 Å². The molecule has 0 atom stereocenters. The van der Waals surface area contributed by atoms with E-state index in [1.54, 1.807) is 11.1 Å². The number of hydrogen-bond donors (Lipinski definition) is 2. The fourth-order valence-electron chi connectivity index (χ4n) is 2.02. The first-order valence-electron chi connectivity index (χ1n) is 6.61. The maximum atomic E-state index is 11.9. The van der Waals surface area contributed by atoms with E-state index in [0.29, 0.717) is 12.1 Å². The van der Waals surface area contributed by atoms with E-state index in [1.165, 1.54) is 0 Å². The second-order valence-electron chi connectivity index (χ2n) is 4.64. The molecule has 0 unspecified atom stereocenters. The summed E-state index contributed by atoms with van der Waals surface area (Å²) in [6.45, 7) is 3.17. The van der Waals surface area contributed by atoms with Crippen LogP contribution in [0.2, 0.25) is 0 Å². The van der Waals surface area contributed by atoms with Crippen molar-refractivity contribution in [2.45, 2.75) is 19.8 Å². The van der Waals surface area contributed by atoms with Crippen LogP contribution in [0.4, 0.5) is 5.69 Å². The molecule has 0 aromatic heterocycles. The summed E-state index contributed by atoms with van der Waals surface area (Å²) in [5, 5.41) is 4.48. The first kappa shape index (κ1) is 13.5. The van der Waals surface area contributed by atoms with Crippen LogP contribution in [-0.4, -0.2) is 36.3 Å². The molecular formula is C14H19N3O2. The number of amides is 1. The van der Waals surface area contributed by atoms with Crippen molar-refractivity contribution in [3.8, 4) is 0 Å². The van der Waals surface area contributed by atoms with Crippen LogP contribution in [0.3, 0.4) is 0 Å². The number of hydrazine groups is 1. The molecule has 1 amide bonds. The number of fused-ring (bicyclic) bond motifs is 1. The van der Waals surface area contributed by atoms with Gasteiger partial charge in [-0.1, -0.05) is 25.5 Å². The lowest BCUT2D eigenvalue weighted by Crippen LogP contribution is -2.45. The molecule has 5 nitrogen and oxygen atoms in total. The first-order valence-corrected chi connectivity index (χ1v) is 6.61. The number of hydrogen-bond acceptors (Lipinski definition) is 4. The standard InChI is InChI=1S/C14H19N3O2/c1-2-3-8-15-14(19)10-17-9-13(18)11-6-4-5-7-12(11)16-17/h4-7,16H,2-3,8-10H2,1H3,(H,15,19). The van der Waals surface area contributed by atoms with Crippen molar-refractivity contribution < 1.29 is 9.59 Å². The number of carbonyl (C=O) groups is 2. The molecule has 0 radical (unpaired) electrons. The summed E-state index contributed by atoms with van der Waals surface area (Å²) in [5.41, 5.74) is 4.55. The summed E-state index contributed by atoms with van der Waals surface area (Å²) >= 11 is 0. The number of rotatable bonds is 5. The molecule has 2 rings (SSSR count). The monoisotopic (exact) mass is 261 g/mol. The summed E-state index contributed by atoms with van der Waals surface area (Å²) in [6.07, 6.45) is 2.02. The van der Waals surface area contributed by atoms with E-state index >= 15 is 0 Å². The number of para-hydroxylation sites is 1. The van der Waals surface area contributed by atoms with Gasteiger partial charge in [-0.05, 0) is 18.6 Å². The van der Waals surface area contributed by atoms with Gasteiger partial charge in [0.15, 0.2) is 5.78 Å². The molecule has 0 spiro atoms. The van der Waals surface area contributed by atoms with E-state index in [9.17, 15) is 9.59 Å². The second-order valence-corrected chi connectivity index (χ2v) is 4.64. The minimum absolute atomic E-state index is 0.0377. The summed E-state index contributed by atoms with van der Waals surface area (Å²) in [6, 6.07) is 7.34. The van der Waals surface area contributed by atoms with Gasteiger partial charge in [-0.3, -0.25) is 9.59 Å². The molecule has 0 fully saturated rings. The largest absolute Gasteiger partial charge is 0.355 e. The average molecular weight is 261 g/mol. The van der Waals surface area contributed by atoms with Crippen molar-refractivity contribution in [3.05, 3.63) is 29.8 Å². The van der Waals surface area contributed by atoms with E-state index < -0.39 is 0 Å². The molecule has 0 saturated carbocycles. The highest BCUT2D eigenvalue weighted by Crippen LogP contribution is 2.20. The lowest BCUT2D eigenvalue weighted by atomic mass is 10.1. The number of unbranched alkanes of at least 4 members (excludes halogenated alkanes) is 1. The lowest BCUT2D eigenvalue weighted by molar-refractivity contribution is -0.121. The molecule has 1 aliphatic rings. The zero-order valence-electron chi connectivity index (χ0n) is 11.1. The van der Waals surface area contributed by atoms with Gasteiger partial charge in [0.25, 0.3) is 0 Å². The molecule has 1 heterocycles. The van der Waals surface area contributed by atoms with Crippen LogP contribution < -0.4 is 10.7 Å². The normalized spacial score (nSPS) is 14.7. The molecule has 1 aromatic carbocycles. The van der Waals surface area contributed by atoms with Gasteiger partial charge < -0.3 is 10.7 Å². The van der Waals surface area contributed by atoms with Gasteiger partial charge in [0.2, 0.25) is 5.91 Å². The summed E-state index contributed by atoms with van der Waals surface area (Å²) in [5.74, 6) is -0.0242. The third-order valence-electron chi connectivity index (χ3n) is 3.03. The molecule has 102 valence electrons. The predicted molar refractivity (Wildman–Crippen MR) is 73.9 cm³/mol. The van der Waals surface area contributed by atoms with Crippen LogP contribution in [0.1, 0.15) is 30.1 Å². The zero-order valence-corrected chi connectivity index (χ0v) is 11.1. The number of nitrogens with one attached hydrogen (secondary N) is 2. The van der Waals surface area contributed by atoms with Crippen LogP contribution in [-0.2, 0) is 4.79 Å². The van der Waals surface area contributed by atoms with Crippen LogP contribution in [0.15, 0.2) is 24.3 Å². The smallest absolute Gasteiger partial charge is 0.236 e. The number of benzene rings is 1. The van der Waals surface area contributed by atoms with E-state index in [1.807, 2.05) is 18.2 Å². The molecule has 5 heteroatoms. The Bertz CT molecular complexity index is 474. The van der Waals surface area contributed by atoms with Crippen molar-refractivity contribution in [1.29, 1.82) is 0 Å². The Morgan fingerprint density at radius 3 is 3.00 bits per heavy atom. The summed E-state index contributed by atoms with van der Waals surface area (Å²) in [4.78, 5) is 23.6. The molecule has 2 N–H and O–H groups in total. The fourth-order valence-corrected chi connectivity index (χ4v) is 2.02. The lowest BCUT2D eigenvalue weighted by Gasteiger charge is -2.28. The number of nitrogens with zero attached hydrogens (tertiary/aromatic N) is 1. The van der Waals surface area contributed by atoms with Gasteiger partial charge in [0, 0.05) is 12.1 Å². The van der Waals surface area contributed by atoms with Crippen LogP contribution >= 0.6 is 0 Å². The third kappa shape index (κ3) is 3.54. The molecule has 19 heavy (non-hydrogen) atoms. The Morgan fingerprint density at radius 1 is 1.42 bits per heavy atom. The van der Waals surface area contributed by atoms with Gasteiger partial charge in [-0.15, -0.1) is 0 Å². The summed E-state index contributed by atoms with van der Waals surface area (Å²) < 4.78 is 0. The summed E-state index contributed by atoms with van der Waals surface area (Å²) in [7, 11) is 0. The van der Waals surface area contributed by atoms with Gasteiger partial charge in [0.05, 0.1) is 18.8 Å². The number of ketones is 1. The van der Waals surface area contributed by atoms with Crippen molar-refractivity contribution in [1.82, 2.24) is 10.3 Å². The van der Waals surface area contributed by atoms with Crippen LogP contribution in [0.5, 0.6) is 0 Å². The molecular weight excluding hydrogens is 242 g/mol. The highest BCUT2D eigenvalue weighted by Gasteiger charge is 2.23. The maximum Gasteiger partial charge on any atom is 0.236 e. The highest BCUT2D eigenvalue weighted by molar-refractivity contribution is 6.04. The Morgan fingerprint density at radius 2 is 2.21 bits per heavy atom. The molecule has 0 aliphatic carbocycles. The SMILES string of the molecule is CCCCNC(=O)CN1CC(=O)c2ccccc2N1. The number of Topliss-reactive ketones (excluding diaryl/α,β-unsaturated/α-hetero) is 1. The quantitative estimate of drug-likeness (QED) is 0.787. The van der Waals surface area contributed by atoms with Gasteiger partial charge in [-0.25, -0.2) is 5.01 Å². The Balaban J connectivity index is 1.91. The Labute approximate surface area is 112 Å². The van der Waals surface area contributed by atoms with E-state index in [-0.39, 0.29) is 24.8 Å². The number of carbonyl (C=O) groups excluding carboxylic acids is 2. The predicted octanol–water partition coefficient (Wildman–Crippen LogP) is 1.43. The van der Waals surface area contributed by atoms with Crippen molar-refractivity contribution in [2.24, 2.45) is 0 Å². The Kier molecular flexibility index (Phi) is 4.52. The van der Waals surface area contributed by atoms with Crippen LogP contribution in [0, 0.1) is 0 Å². The van der Waals surface area contributed by atoms with E-state index in [4.69, 9.17) is 0 Å². The van der Waals surface area contributed by atoms with Crippen molar-refractivity contribution >= 4 is 17.4 Å². The molecule has 1 aliphatic heterocycles. The fraction of sp³-hybridized carbons (Fsp3) is 0.429. The Hall–Kier alpha value is -1.88. The van der Waals surface area contributed by atoms with E-state index in [2.05, 4.69) is 17.7 Å². The maximum absolute atomic E-state index is 11.9. The highest BCUT2D eigenvalue weighted by atomic mass is 16.2. The van der Waals surface area contributed by atoms with Gasteiger partial charge in [-0.2, -0.15) is 0 Å². The van der Waals surface area contributed by atoms with Crippen molar-refractivity contribution in [2.75, 3.05) is 25.1 Å². The molecule has 0 saturated heterocycles. The van der Waals surface area contributed by atoms with Crippen LogP contribution in [0.25, 0.3) is 0 Å². The average Bonchev–Trinajstić information content (AvgIpc) is 2.39. The van der Waals surface area contributed by atoms with Gasteiger partial charge in [0.1, 0.15) is 0 Å². The molecule has 1 aromatic rings. The second kappa shape index (κ2) is 6.33. The minimum atomic E-state index is -0.0619. The first-order chi connectivity index (χ1) is 9.20. The van der Waals surface area contributed by atoms with Crippen molar-refractivity contribution in [3.63, 3.8) is 0 Å². The topological polar surface area (TPSA) is 61.4 Å². The minimum Gasteiger partial charge on any atom is -0.355 e. The molecule has 0 bridgehead atoms. The zero-order chi connectivity index (χ0) is 13.7. The van der Waals surface area contributed by atoms with E-state index in [0.717, 1.165) is 18.5 Å².